The molecular weight excluding hydrogens is 398 g/mol. The van der Waals surface area contributed by atoms with E-state index in [1.54, 1.807) is 17.0 Å². The van der Waals surface area contributed by atoms with Gasteiger partial charge in [-0.2, -0.15) is 0 Å². The van der Waals surface area contributed by atoms with Gasteiger partial charge in [0.2, 0.25) is 11.8 Å². The summed E-state index contributed by atoms with van der Waals surface area (Å²) in [5, 5.41) is 3.55. The lowest BCUT2D eigenvalue weighted by Gasteiger charge is -2.32. The molecule has 0 aromatic heterocycles. The van der Waals surface area contributed by atoms with Crippen molar-refractivity contribution in [1.82, 2.24) is 5.32 Å². The lowest BCUT2D eigenvalue weighted by atomic mass is 9.99. The molecule has 2 aromatic carbocycles. The van der Waals surface area contributed by atoms with Crippen LogP contribution in [-0.2, 0) is 9.59 Å². The summed E-state index contributed by atoms with van der Waals surface area (Å²) in [5.41, 5.74) is 2.75. The summed E-state index contributed by atoms with van der Waals surface area (Å²) in [6.45, 7) is 5.98. The highest BCUT2D eigenvalue weighted by atomic mass is 35.5. The van der Waals surface area contributed by atoms with E-state index in [1.165, 1.54) is 0 Å². The Morgan fingerprint density at radius 3 is 2.43 bits per heavy atom. The van der Waals surface area contributed by atoms with E-state index in [4.69, 9.17) is 16.6 Å². The smallest absolute Gasteiger partial charge is 0.245 e. The van der Waals surface area contributed by atoms with Crippen molar-refractivity contribution in [3.8, 4) is 0 Å². The van der Waals surface area contributed by atoms with E-state index in [9.17, 15) is 9.59 Å². The fraction of sp³-hybridized carbons (Fsp3) is 0.375. The summed E-state index contributed by atoms with van der Waals surface area (Å²) in [6, 6.07) is 14.6. The molecule has 1 atom stereocenters. The molecule has 156 valence electrons. The van der Waals surface area contributed by atoms with Crippen LogP contribution in [0.3, 0.4) is 0 Å². The van der Waals surface area contributed by atoms with Crippen LogP contribution < -0.4 is 10.2 Å². The topological polar surface area (TPSA) is 61.8 Å². The van der Waals surface area contributed by atoms with E-state index >= 15 is 0 Å². The zero-order valence-corrected chi connectivity index (χ0v) is 18.2. The molecule has 0 bridgehead atoms. The molecule has 4 rings (SSSR count). The number of nitrogens with zero attached hydrogens (tertiary/aromatic N) is 2. The van der Waals surface area contributed by atoms with Gasteiger partial charge in [0.15, 0.2) is 0 Å². The lowest BCUT2D eigenvalue weighted by Crippen LogP contribution is -2.55. The van der Waals surface area contributed by atoms with Crippen molar-refractivity contribution in [2.75, 3.05) is 11.4 Å². The van der Waals surface area contributed by atoms with Gasteiger partial charge in [-0.05, 0) is 51.8 Å². The van der Waals surface area contributed by atoms with Gasteiger partial charge in [0.05, 0.1) is 17.9 Å². The molecule has 1 fully saturated rings. The minimum atomic E-state index is -0.726. The number of anilines is 1. The van der Waals surface area contributed by atoms with Crippen LogP contribution in [0.4, 0.5) is 5.69 Å². The van der Waals surface area contributed by atoms with E-state index in [0.717, 1.165) is 29.7 Å². The van der Waals surface area contributed by atoms with E-state index in [1.807, 2.05) is 57.2 Å². The number of amides is 2. The normalized spacial score (nSPS) is 18.9. The first kappa shape index (κ1) is 20.6. The maximum atomic E-state index is 13.4. The van der Waals surface area contributed by atoms with Crippen molar-refractivity contribution in [2.45, 2.75) is 45.2 Å². The second-order valence-electron chi connectivity index (χ2n) is 8.95. The summed E-state index contributed by atoms with van der Waals surface area (Å²) in [5.74, 6) is -0.280. The molecule has 0 spiro atoms. The van der Waals surface area contributed by atoms with Gasteiger partial charge in [-0.15, -0.1) is 0 Å². The summed E-state index contributed by atoms with van der Waals surface area (Å²) < 4.78 is 0. The minimum Gasteiger partial charge on any atom is -0.350 e. The predicted molar refractivity (Wildman–Crippen MR) is 120 cm³/mol. The monoisotopic (exact) mass is 423 g/mol. The molecule has 1 saturated carbocycles. The van der Waals surface area contributed by atoms with Gasteiger partial charge >= 0.3 is 0 Å². The van der Waals surface area contributed by atoms with Crippen molar-refractivity contribution < 1.29 is 9.59 Å². The van der Waals surface area contributed by atoms with Crippen LogP contribution in [0, 0.1) is 5.92 Å². The molecule has 5 nitrogen and oxygen atoms in total. The van der Waals surface area contributed by atoms with E-state index < -0.39 is 11.6 Å². The molecule has 0 radical (unpaired) electrons. The molecular formula is C24H26ClN3O2. The van der Waals surface area contributed by atoms with Crippen molar-refractivity contribution in [3.05, 3.63) is 64.7 Å². The van der Waals surface area contributed by atoms with Crippen LogP contribution in [0.25, 0.3) is 0 Å². The Morgan fingerprint density at radius 1 is 1.10 bits per heavy atom. The van der Waals surface area contributed by atoms with Crippen LogP contribution in [0.2, 0.25) is 5.02 Å². The summed E-state index contributed by atoms with van der Waals surface area (Å²) in [6.07, 6.45) is 1.70. The number of aliphatic imine (C=N–C) groups is 1. The summed E-state index contributed by atoms with van der Waals surface area (Å²) >= 11 is 6.34. The van der Waals surface area contributed by atoms with Crippen molar-refractivity contribution >= 4 is 34.8 Å². The summed E-state index contributed by atoms with van der Waals surface area (Å²) in [4.78, 5) is 33.1. The quantitative estimate of drug-likeness (QED) is 0.803. The maximum Gasteiger partial charge on any atom is 0.245 e. The fourth-order valence-electron chi connectivity index (χ4n) is 3.71. The van der Waals surface area contributed by atoms with Gasteiger partial charge < -0.3 is 5.32 Å². The first-order chi connectivity index (χ1) is 14.2. The largest absolute Gasteiger partial charge is 0.350 e. The molecule has 1 aliphatic carbocycles. The molecule has 1 heterocycles. The lowest BCUT2D eigenvalue weighted by molar-refractivity contribution is -0.127. The van der Waals surface area contributed by atoms with Crippen LogP contribution >= 0.6 is 11.6 Å². The molecule has 2 aliphatic rings. The molecule has 1 aliphatic heterocycles. The van der Waals surface area contributed by atoms with Crippen LogP contribution in [0.1, 0.15) is 44.7 Å². The van der Waals surface area contributed by atoms with Crippen LogP contribution in [-0.4, -0.2) is 35.7 Å². The molecule has 30 heavy (non-hydrogen) atoms. The number of carbonyl (C=O) groups excluding carboxylic acids is 2. The molecule has 1 N–H and O–H groups in total. The van der Waals surface area contributed by atoms with Crippen LogP contribution in [0.15, 0.2) is 53.5 Å². The molecule has 1 unspecified atom stereocenters. The standard InChI is InChI=1S/C24H26ClN3O2/c1-24(2,3)27-22(29)20-14-26-21(15-7-5-4-6-8-15)18-12-11-17(25)13-19(18)28(20)23(30)16-9-10-16/h4-8,11-13,16,20H,9-10,14H2,1-3H3,(H,27,29). The highest BCUT2D eigenvalue weighted by Gasteiger charge is 2.42. The number of rotatable bonds is 3. The highest BCUT2D eigenvalue weighted by molar-refractivity contribution is 6.31. The Balaban J connectivity index is 1.86. The maximum absolute atomic E-state index is 13.4. The molecule has 6 heteroatoms. The number of hydrogen-bond acceptors (Lipinski definition) is 3. The second-order valence-corrected chi connectivity index (χ2v) is 9.39. The van der Waals surface area contributed by atoms with Gasteiger partial charge in [0.25, 0.3) is 0 Å². The fourth-order valence-corrected chi connectivity index (χ4v) is 3.88. The molecule has 2 amide bonds. The predicted octanol–water partition coefficient (Wildman–Crippen LogP) is 4.22. The average Bonchev–Trinajstić information content (AvgIpc) is 3.53. The number of hydrogen-bond donors (Lipinski definition) is 1. The van der Waals surface area contributed by atoms with Gasteiger partial charge in [-0.1, -0.05) is 41.9 Å². The third-order valence-corrected chi connectivity index (χ3v) is 5.46. The van der Waals surface area contributed by atoms with E-state index in [-0.39, 0.29) is 24.3 Å². The van der Waals surface area contributed by atoms with E-state index in [0.29, 0.717) is 10.7 Å². The average molecular weight is 424 g/mol. The summed E-state index contributed by atoms with van der Waals surface area (Å²) in [7, 11) is 0. The third-order valence-electron chi connectivity index (χ3n) is 5.22. The first-order valence-electron chi connectivity index (χ1n) is 10.3. The van der Waals surface area contributed by atoms with Gasteiger partial charge in [0.1, 0.15) is 6.04 Å². The minimum absolute atomic E-state index is 0.0305. The highest BCUT2D eigenvalue weighted by Crippen LogP contribution is 2.38. The number of fused-ring (bicyclic) bond motifs is 1. The Kier molecular flexibility index (Phi) is 5.41. The van der Waals surface area contributed by atoms with Crippen LogP contribution in [0.5, 0.6) is 0 Å². The first-order valence-corrected chi connectivity index (χ1v) is 10.7. The Labute approximate surface area is 182 Å². The molecule has 2 aromatic rings. The zero-order valence-electron chi connectivity index (χ0n) is 17.5. The van der Waals surface area contributed by atoms with Gasteiger partial charge in [-0.3, -0.25) is 19.5 Å². The van der Waals surface area contributed by atoms with E-state index in [2.05, 4.69) is 5.32 Å². The second kappa shape index (κ2) is 7.88. The van der Waals surface area contributed by atoms with Crippen molar-refractivity contribution in [2.24, 2.45) is 10.9 Å². The Bertz CT molecular complexity index is 1010. The van der Waals surface area contributed by atoms with Gasteiger partial charge in [0, 0.05) is 27.6 Å². The Hall–Kier alpha value is -2.66. The number of carbonyl (C=O) groups is 2. The Morgan fingerprint density at radius 2 is 1.80 bits per heavy atom. The number of benzodiazepines with no additional fused rings is 1. The third kappa shape index (κ3) is 4.26. The number of halogens is 1. The number of nitrogens with one attached hydrogen (secondary N) is 1. The van der Waals surface area contributed by atoms with Gasteiger partial charge in [-0.25, -0.2) is 0 Å². The number of benzene rings is 2. The van der Waals surface area contributed by atoms with Crippen molar-refractivity contribution in [3.63, 3.8) is 0 Å². The SMILES string of the molecule is CC(C)(C)NC(=O)C1CN=C(c2ccccc2)c2ccc(Cl)cc2N1C(=O)C1CC1. The molecule has 0 saturated heterocycles. The van der Waals surface area contributed by atoms with Crippen molar-refractivity contribution in [1.29, 1.82) is 0 Å². The zero-order chi connectivity index (χ0) is 21.5.